The molecule has 1 atom stereocenters. The van der Waals surface area contributed by atoms with Crippen LogP contribution in [-0.2, 0) is 13.1 Å². The summed E-state index contributed by atoms with van der Waals surface area (Å²) in [4.78, 5) is 7.25. The lowest BCUT2D eigenvalue weighted by atomic mass is 10.0. The third-order valence-electron chi connectivity index (χ3n) is 4.26. The number of nitrogens with zero attached hydrogens (tertiary/aromatic N) is 2. The van der Waals surface area contributed by atoms with Crippen LogP contribution in [-0.4, -0.2) is 28.0 Å². The van der Waals surface area contributed by atoms with E-state index in [9.17, 15) is 0 Å². The molecule has 0 bridgehead atoms. The first-order chi connectivity index (χ1) is 9.85. The van der Waals surface area contributed by atoms with Crippen LogP contribution in [0.25, 0.3) is 0 Å². The van der Waals surface area contributed by atoms with Crippen molar-refractivity contribution in [2.24, 2.45) is 5.92 Å². The van der Waals surface area contributed by atoms with Gasteiger partial charge >= 0.3 is 0 Å². The number of likely N-dealkylation sites (tertiary alicyclic amines) is 1. The van der Waals surface area contributed by atoms with E-state index in [2.05, 4.69) is 62.0 Å². The summed E-state index contributed by atoms with van der Waals surface area (Å²) < 4.78 is 0. The van der Waals surface area contributed by atoms with E-state index in [-0.39, 0.29) is 5.54 Å². The molecule has 0 aliphatic carbocycles. The molecule has 1 fully saturated rings. The molecule has 0 spiro atoms. The average Bonchev–Trinajstić information content (AvgIpc) is 2.85. The van der Waals surface area contributed by atoms with Crippen LogP contribution in [0.5, 0.6) is 0 Å². The fourth-order valence-electron chi connectivity index (χ4n) is 3.03. The first-order valence-corrected chi connectivity index (χ1v) is 8.28. The van der Waals surface area contributed by atoms with Gasteiger partial charge in [-0.15, -0.1) is 0 Å². The average molecular weight is 289 g/mol. The topological polar surface area (TPSA) is 28.2 Å². The highest BCUT2D eigenvalue weighted by Crippen LogP contribution is 2.25. The monoisotopic (exact) mass is 289 g/mol. The molecule has 1 aromatic heterocycles. The van der Waals surface area contributed by atoms with Gasteiger partial charge in [-0.2, -0.15) is 0 Å². The fourth-order valence-corrected chi connectivity index (χ4v) is 3.03. The molecule has 1 N–H and O–H groups in total. The van der Waals surface area contributed by atoms with Gasteiger partial charge in [-0.1, -0.05) is 19.9 Å². The van der Waals surface area contributed by atoms with Gasteiger partial charge in [-0.25, -0.2) is 0 Å². The predicted molar refractivity (Wildman–Crippen MR) is 89.1 cm³/mol. The first kappa shape index (κ1) is 16.4. The van der Waals surface area contributed by atoms with E-state index >= 15 is 0 Å². The summed E-state index contributed by atoms with van der Waals surface area (Å²) in [5.74, 6) is 0.739. The highest BCUT2D eigenvalue weighted by molar-refractivity contribution is 5.14. The molecule has 3 heteroatoms. The Hall–Kier alpha value is -0.930. The number of nitrogens with one attached hydrogen (secondary N) is 1. The third-order valence-corrected chi connectivity index (χ3v) is 4.26. The molecule has 2 rings (SSSR count). The van der Waals surface area contributed by atoms with Gasteiger partial charge in [0, 0.05) is 30.9 Å². The summed E-state index contributed by atoms with van der Waals surface area (Å²) in [5, 5.41) is 3.50. The van der Waals surface area contributed by atoms with Crippen molar-refractivity contribution in [1.29, 1.82) is 0 Å². The van der Waals surface area contributed by atoms with Crippen LogP contribution in [0.15, 0.2) is 18.3 Å². The van der Waals surface area contributed by atoms with Gasteiger partial charge in [0.2, 0.25) is 0 Å². The molecule has 3 nitrogen and oxygen atoms in total. The lowest BCUT2D eigenvalue weighted by molar-refractivity contribution is 0.196. The van der Waals surface area contributed by atoms with E-state index in [1.165, 1.54) is 30.6 Å². The lowest BCUT2D eigenvalue weighted by Gasteiger charge is -2.27. The normalized spacial score (nSPS) is 20.4. The van der Waals surface area contributed by atoms with E-state index in [0.29, 0.717) is 0 Å². The molecular formula is C18H31N3. The van der Waals surface area contributed by atoms with Crippen LogP contribution in [0.2, 0.25) is 0 Å². The Balaban J connectivity index is 1.90. The minimum atomic E-state index is 0.151. The van der Waals surface area contributed by atoms with Crippen LogP contribution < -0.4 is 5.32 Å². The maximum absolute atomic E-state index is 4.65. The third kappa shape index (κ3) is 5.08. The summed E-state index contributed by atoms with van der Waals surface area (Å²) in [6, 6.07) is 5.13. The smallest absolute Gasteiger partial charge is 0.0544 e. The zero-order valence-electron chi connectivity index (χ0n) is 14.3. The highest BCUT2D eigenvalue weighted by Gasteiger charge is 2.26. The number of hydrogen-bond acceptors (Lipinski definition) is 3. The van der Waals surface area contributed by atoms with Crippen molar-refractivity contribution < 1.29 is 0 Å². The van der Waals surface area contributed by atoms with Gasteiger partial charge in [0.25, 0.3) is 0 Å². The second-order valence-electron chi connectivity index (χ2n) is 7.69. The molecule has 0 radical (unpaired) electrons. The lowest BCUT2D eigenvalue weighted by Crippen LogP contribution is -2.35. The minimum absolute atomic E-state index is 0.151. The van der Waals surface area contributed by atoms with Gasteiger partial charge < -0.3 is 5.32 Å². The van der Waals surface area contributed by atoms with Crippen molar-refractivity contribution >= 4 is 0 Å². The first-order valence-electron chi connectivity index (χ1n) is 8.28. The van der Waals surface area contributed by atoms with Gasteiger partial charge in [-0.05, 0) is 57.7 Å². The molecule has 1 aromatic rings. The molecule has 0 amide bonds. The highest BCUT2D eigenvalue weighted by atomic mass is 15.2. The molecule has 0 aromatic carbocycles. The maximum Gasteiger partial charge on any atom is 0.0544 e. The van der Waals surface area contributed by atoms with Crippen molar-refractivity contribution in [2.75, 3.05) is 6.54 Å². The van der Waals surface area contributed by atoms with E-state index < -0.39 is 0 Å². The Bertz CT molecular complexity index is 431. The second-order valence-corrected chi connectivity index (χ2v) is 7.69. The molecule has 1 aliphatic rings. The maximum atomic E-state index is 4.65. The summed E-state index contributed by atoms with van der Waals surface area (Å²) in [6.07, 6.45) is 4.69. The number of rotatable bonds is 5. The largest absolute Gasteiger partial charge is 0.308 e. The Morgan fingerprint density at radius 1 is 1.33 bits per heavy atom. The molecule has 1 unspecified atom stereocenters. The zero-order chi connectivity index (χ0) is 15.5. The van der Waals surface area contributed by atoms with Crippen LogP contribution in [0.4, 0.5) is 0 Å². The van der Waals surface area contributed by atoms with Crippen LogP contribution >= 0.6 is 0 Å². The molecular weight excluding hydrogens is 258 g/mol. The van der Waals surface area contributed by atoms with E-state index in [1.807, 2.05) is 6.20 Å². The summed E-state index contributed by atoms with van der Waals surface area (Å²) in [5.41, 5.74) is 2.61. The SMILES string of the molecule is CC(C)C1CCCN1Cc1ccc(CNC(C)(C)C)cn1. The van der Waals surface area contributed by atoms with E-state index in [4.69, 9.17) is 0 Å². The van der Waals surface area contributed by atoms with E-state index in [0.717, 1.165) is 25.0 Å². The zero-order valence-corrected chi connectivity index (χ0v) is 14.3. The number of aromatic nitrogens is 1. The quantitative estimate of drug-likeness (QED) is 0.898. The Labute approximate surface area is 130 Å². The molecule has 1 saturated heterocycles. The fraction of sp³-hybridized carbons (Fsp3) is 0.722. The van der Waals surface area contributed by atoms with Crippen molar-refractivity contribution in [2.45, 2.75) is 72.1 Å². The van der Waals surface area contributed by atoms with Crippen LogP contribution in [0.3, 0.4) is 0 Å². The van der Waals surface area contributed by atoms with Gasteiger partial charge in [0.1, 0.15) is 0 Å². The van der Waals surface area contributed by atoms with Crippen LogP contribution in [0.1, 0.15) is 58.7 Å². The van der Waals surface area contributed by atoms with Crippen molar-refractivity contribution in [3.05, 3.63) is 29.6 Å². The van der Waals surface area contributed by atoms with Gasteiger partial charge in [-0.3, -0.25) is 9.88 Å². The Kier molecular flexibility index (Phi) is 5.39. The molecule has 0 saturated carbocycles. The Morgan fingerprint density at radius 2 is 2.10 bits per heavy atom. The summed E-state index contributed by atoms with van der Waals surface area (Å²) >= 11 is 0. The van der Waals surface area contributed by atoms with E-state index in [1.54, 1.807) is 0 Å². The molecule has 1 aliphatic heterocycles. The summed E-state index contributed by atoms with van der Waals surface area (Å²) in [7, 11) is 0. The molecule has 118 valence electrons. The Morgan fingerprint density at radius 3 is 2.67 bits per heavy atom. The van der Waals surface area contributed by atoms with Crippen molar-refractivity contribution in [3.63, 3.8) is 0 Å². The van der Waals surface area contributed by atoms with Crippen molar-refractivity contribution in [1.82, 2.24) is 15.2 Å². The van der Waals surface area contributed by atoms with Gasteiger partial charge in [0.15, 0.2) is 0 Å². The standard InChI is InChI=1S/C18H31N3/c1-14(2)17-7-6-10-21(17)13-16-9-8-15(11-19-16)12-20-18(3,4)5/h8-9,11,14,17,20H,6-7,10,12-13H2,1-5H3. The number of pyridine rings is 1. The second kappa shape index (κ2) is 6.89. The predicted octanol–water partition coefficient (Wildman–Crippen LogP) is 3.59. The summed E-state index contributed by atoms with van der Waals surface area (Å²) in [6.45, 7) is 14.3. The van der Waals surface area contributed by atoms with Crippen LogP contribution in [0, 0.1) is 5.92 Å². The minimum Gasteiger partial charge on any atom is -0.308 e. The van der Waals surface area contributed by atoms with Crippen molar-refractivity contribution in [3.8, 4) is 0 Å². The number of hydrogen-bond donors (Lipinski definition) is 1. The molecule has 21 heavy (non-hydrogen) atoms. The molecule has 2 heterocycles. The van der Waals surface area contributed by atoms with Gasteiger partial charge in [0.05, 0.1) is 5.69 Å².